The van der Waals surface area contributed by atoms with E-state index in [0.717, 1.165) is 25.5 Å². The van der Waals surface area contributed by atoms with Crippen LogP contribution in [-0.2, 0) is 14.6 Å². The Morgan fingerprint density at radius 2 is 2.00 bits per heavy atom. The molecule has 1 unspecified atom stereocenters. The van der Waals surface area contributed by atoms with Gasteiger partial charge in [-0.15, -0.1) is 0 Å². The second kappa shape index (κ2) is 6.64. The molecule has 0 aromatic heterocycles. The van der Waals surface area contributed by atoms with Crippen molar-refractivity contribution in [3.8, 4) is 0 Å². The lowest BCUT2D eigenvalue weighted by Gasteiger charge is -2.40. The number of nitrogens with two attached hydrogens (primary N) is 1. The molecule has 8 heteroatoms. The van der Waals surface area contributed by atoms with Gasteiger partial charge in [0, 0.05) is 6.26 Å². The minimum atomic E-state index is -3.48. The van der Waals surface area contributed by atoms with Gasteiger partial charge in [0.05, 0.1) is 0 Å². The first-order valence-corrected chi connectivity index (χ1v) is 9.10. The number of rotatable bonds is 5. The van der Waals surface area contributed by atoms with Crippen LogP contribution in [0.15, 0.2) is 5.16 Å². The fourth-order valence-corrected chi connectivity index (χ4v) is 3.10. The summed E-state index contributed by atoms with van der Waals surface area (Å²) in [6, 6.07) is 0. The maximum absolute atomic E-state index is 12.2. The highest BCUT2D eigenvalue weighted by atomic mass is 32.2. The molecule has 7 nitrogen and oxygen atoms in total. The maximum atomic E-state index is 12.2. The first-order chi connectivity index (χ1) is 9.66. The Morgan fingerprint density at radius 3 is 2.38 bits per heavy atom. The molecule has 1 fully saturated rings. The van der Waals surface area contributed by atoms with Crippen LogP contribution in [-0.4, -0.2) is 42.4 Å². The quantitative estimate of drug-likeness (QED) is 0.297. The second-order valence-electron chi connectivity index (χ2n) is 5.88. The summed E-state index contributed by atoms with van der Waals surface area (Å²) >= 11 is 0. The highest BCUT2D eigenvalue weighted by Gasteiger charge is 2.42. The van der Waals surface area contributed by atoms with Crippen molar-refractivity contribution in [2.24, 2.45) is 16.8 Å². The van der Waals surface area contributed by atoms with E-state index in [2.05, 4.69) is 17.4 Å². The van der Waals surface area contributed by atoms with Crippen LogP contribution in [0.5, 0.6) is 0 Å². The third kappa shape index (κ3) is 4.09. The molecule has 21 heavy (non-hydrogen) atoms. The third-order valence-electron chi connectivity index (χ3n) is 4.51. The van der Waals surface area contributed by atoms with Gasteiger partial charge in [-0.05, 0) is 38.5 Å². The molecule has 0 radical (unpaired) electrons. The van der Waals surface area contributed by atoms with E-state index in [0.29, 0.717) is 18.8 Å². The van der Waals surface area contributed by atoms with Crippen LogP contribution in [0.2, 0.25) is 0 Å². The lowest BCUT2D eigenvalue weighted by Crippen LogP contribution is -2.61. The average molecular weight is 319 g/mol. The van der Waals surface area contributed by atoms with Crippen LogP contribution >= 0.6 is 0 Å². The van der Waals surface area contributed by atoms with Crippen molar-refractivity contribution in [1.82, 2.24) is 5.32 Å². The molecule has 1 saturated carbocycles. The van der Waals surface area contributed by atoms with E-state index >= 15 is 0 Å². The third-order valence-corrected chi connectivity index (χ3v) is 6.01. The van der Waals surface area contributed by atoms with E-state index in [1.165, 1.54) is 6.92 Å². The van der Waals surface area contributed by atoms with Crippen molar-refractivity contribution in [2.45, 2.75) is 56.7 Å². The summed E-state index contributed by atoms with van der Waals surface area (Å²) in [4.78, 5) is 12.2. The molecule has 0 heterocycles. The summed E-state index contributed by atoms with van der Waals surface area (Å²) in [5.41, 5.74) is 4.81. The molecule has 1 aliphatic rings. The molecule has 1 rings (SSSR count). The van der Waals surface area contributed by atoms with Crippen molar-refractivity contribution in [2.75, 3.05) is 6.26 Å². The zero-order chi connectivity index (χ0) is 16.3. The van der Waals surface area contributed by atoms with Gasteiger partial charge in [0.1, 0.15) is 10.8 Å². The Bertz CT molecular complexity index is 508. The molecule has 0 aromatic carbocycles. The fraction of sp³-hybridized carbons (Fsp3) is 0.846. The Hall–Kier alpha value is -1.31. The Labute approximate surface area is 125 Å². The summed E-state index contributed by atoms with van der Waals surface area (Å²) in [7, 11) is -3.48. The van der Waals surface area contributed by atoms with Crippen molar-refractivity contribution in [1.29, 1.82) is 0 Å². The molecule has 1 amide bonds. The number of carbonyl (C=O) groups is 1. The van der Waals surface area contributed by atoms with Gasteiger partial charge < -0.3 is 16.3 Å². The van der Waals surface area contributed by atoms with E-state index in [4.69, 9.17) is 10.9 Å². The molecule has 1 aliphatic carbocycles. The van der Waals surface area contributed by atoms with Crippen LogP contribution in [0.3, 0.4) is 0 Å². The molecular formula is C13H25N3O4S. The lowest BCUT2D eigenvalue weighted by molar-refractivity contribution is -0.122. The Morgan fingerprint density at radius 1 is 1.48 bits per heavy atom. The molecule has 1 atom stereocenters. The Balaban J connectivity index is 2.94. The molecule has 0 bridgehead atoms. The lowest BCUT2D eigenvalue weighted by atomic mass is 9.75. The molecule has 4 N–H and O–H groups in total. The van der Waals surface area contributed by atoms with Crippen molar-refractivity contribution in [3.05, 3.63) is 0 Å². The van der Waals surface area contributed by atoms with Gasteiger partial charge in [0.2, 0.25) is 5.91 Å². The van der Waals surface area contributed by atoms with Crippen LogP contribution in [0.4, 0.5) is 0 Å². The largest absolute Gasteiger partial charge is 0.409 e. The molecule has 0 aromatic rings. The SMILES string of the molecule is CCC1CCC(NC(=O)C(C)S(C)(=O)=O)(C(N)=NO)CC1. The van der Waals surface area contributed by atoms with Crippen molar-refractivity contribution in [3.63, 3.8) is 0 Å². The zero-order valence-corrected chi connectivity index (χ0v) is 13.6. The molecule has 122 valence electrons. The topological polar surface area (TPSA) is 122 Å². The number of nitrogens with one attached hydrogen (secondary N) is 1. The monoisotopic (exact) mass is 319 g/mol. The van der Waals surface area contributed by atoms with Gasteiger partial charge >= 0.3 is 0 Å². The van der Waals surface area contributed by atoms with E-state index in [9.17, 15) is 13.2 Å². The second-order valence-corrected chi connectivity index (χ2v) is 8.25. The van der Waals surface area contributed by atoms with E-state index in [-0.39, 0.29) is 5.84 Å². The number of sulfone groups is 1. The number of amidine groups is 1. The predicted molar refractivity (Wildman–Crippen MR) is 80.8 cm³/mol. The normalized spacial score (nSPS) is 28.9. The highest BCUT2D eigenvalue weighted by molar-refractivity contribution is 7.92. The minimum absolute atomic E-state index is 0.0638. The molecule has 0 aliphatic heterocycles. The standard InChI is InChI=1S/C13H25N3O4S/c1-4-10-5-7-13(8-6-10,12(14)16-18)15-11(17)9(2)21(3,19)20/h9-10,18H,4-8H2,1-3H3,(H2,14,16)(H,15,17). The van der Waals surface area contributed by atoms with E-state index in [1.54, 1.807) is 0 Å². The summed E-state index contributed by atoms with van der Waals surface area (Å²) < 4.78 is 23.0. The molecular weight excluding hydrogens is 294 g/mol. The smallest absolute Gasteiger partial charge is 0.238 e. The Kier molecular flexibility index (Phi) is 5.61. The van der Waals surface area contributed by atoms with Gasteiger partial charge in [-0.1, -0.05) is 18.5 Å². The van der Waals surface area contributed by atoms with Gasteiger partial charge in [-0.3, -0.25) is 4.79 Å². The summed E-state index contributed by atoms with van der Waals surface area (Å²) in [6.07, 6.45) is 4.84. The number of oxime groups is 1. The van der Waals surface area contributed by atoms with Crippen molar-refractivity contribution >= 4 is 21.6 Å². The van der Waals surface area contributed by atoms with E-state index < -0.39 is 26.5 Å². The first kappa shape index (κ1) is 17.7. The van der Waals surface area contributed by atoms with Gasteiger partial charge in [-0.25, -0.2) is 8.42 Å². The maximum Gasteiger partial charge on any atom is 0.238 e. The van der Waals surface area contributed by atoms with Gasteiger partial charge in [0.25, 0.3) is 0 Å². The molecule has 0 spiro atoms. The van der Waals surface area contributed by atoms with E-state index in [1.807, 2.05) is 0 Å². The summed E-state index contributed by atoms with van der Waals surface area (Å²) in [5, 5.41) is 13.6. The number of nitrogens with zero attached hydrogens (tertiary/aromatic N) is 1. The molecule has 0 saturated heterocycles. The number of amides is 1. The van der Waals surface area contributed by atoms with Crippen LogP contribution in [0.25, 0.3) is 0 Å². The number of carbonyl (C=O) groups excluding carboxylic acids is 1. The predicted octanol–water partition coefficient (Wildman–Crippen LogP) is 0.621. The first-order valence-electron chi connectivity index (χ1n) is 7.15. The van der Waals surface area contributed by atoms with Crippen LogP contribution < -0.4 is 11.1 Å². The highest BCUT2D eigenvalue weighted by Crippen LogP contribution is 2.34. The van der Waals surface area contributed by atoms with Crippen molar-refractivity contribution < 1.29 is 18.4 Å². The van der Waals surface area contributed by atoms with Crippen LogP contribution in [0.1, 0.15) is 46.0 Å². The van der Waals surface area contributed by atoms with Gasteiger partial charge in [0.15, 0.2) is 15.7 Å². The summed E-state index contributed by atoms with van der Waals surface area (Å²) in [5.74, 6) is -0.126. The fourth-order valence-electron chi connectivity index (χ4n) is 2.65. The number of hydrogen-bond acceptors (Lipinski definition) is 5. The average Bonchev–Trinajstić information content (AvgIpc) is 2.45. The zero-order valence-electron chi connectivity index (χ0n) is 12.8. The van der Waals surface area contributed by atoms with Crippen LogP contribution in [0, 0.1) is 5.92 Å². The summed E-state index contributed by atoms with van der Waals surface area (Å²) in [6.45, 7) is 3.44. The van der Waals surface area contributed by atoms with Gasteiger partial charge in [-0.2, -0.15) is 0 Å². The minimum Gasteiger partial charge on any atom is -0.409 e. The number of hydrogen-bond donors (Lipinski definition) is 3.